The van der Waals surface area contributed by atoms with Crippen molar-refractivity contribution in [2.75, 3.05) is 19.3 Å². The van der Waals surface area contributed by atoms with Crippen molar-refractivity contribution in [1.29, 1.82) is 0 Å². The highest BCUT2D eigenvalue weighted by molar-refractivity contribution is 7.92. The Bertz CT molecular complexity index is 1490. The van der Waals surface area contributed by atoms with Gasteiger partial charge in [-0.1, -0.05) is 0 Å². The fourth-order valence-corrected chi connectivity index (χ4v) is 7.04. The number of benzene rings is 1. The molecule has 0 bridgehead atoms. The first-order valence-electron chi connectivity index (χ1n) is 11.3. The van der Waals surface area contributed by atoms with Crippen LogP contribution in [0.15, 0.2) is 40.3 Å². The molecule has 3 rings (SSSR count). The molecule has 1 aliphatic heterocycles. The minimum absolute atomic E-state index is 0.00570. The van der Waals surface area contributed by atoms with Crippen molar-refractivity contribution in [2.45, 2.75) is 53.6 Å². The molecule has 7 nitrogen and oxygen atoms in total. The van der Waals surface area contributed by atoms with E-state index < -0.39 is 81.0 Å². The number of hydrogen-bond donors (Lipinski definition) is 0. The largest absolute Gasteiger partial charge is 0.417 e. The van der Waals surface area contributed by atoms with E-state index in [0.29, 0.717) is 30.7 Å². The number of hydrogen-bond acceptors (Lipinski definition) is 6. The van der Waals surface area contributed by atoms with Gasteiger partial charge < -0.3 is 4.90 Å². The number of alkyl halides is 6. The maximum Gasteiger partial charge on any atom is 0.417 e. The van der Waals surface area contributed by atoms with Crippen LogP contribution in [0, 0.1) is 11.7 Å². The Morgan fingerprint density at radius 2 is 1.44 bits per heavy atom. The lowest BCUT2D eigenvalue weighted by atomic mass is 9.85. The number of piperidine rings is 1. The predicted molar refractivity (Wildman–Crippen MR) is 124 cm³/mol. The van der Waals surface area contributed by atoms with E-state index in [-0.39, 0.29) is 32.0 Å². The van der Waals surface area contributed by atoms with E-state index >= 15 is 0 Å². The lowest BCUT2D eigenvalue weighted by Gasteiger charge is -2.40. The highest BCUT2D eigenvalue weighted by atomic mass is 32.2. The van der Waals surface area contributed by atoms with Gasteiger partial charge in [0.2, 0.25) is 0 Å². The molecule has 0 saturated carbocycles. The molecule has 216 valence electrons. The van der Waals surface area contributed by atoms with Crippen molar-refractivity contribution in [1.82, 2.24) is 9.88 Å². The number of sulfone groups is 2. The molecule has 0 unspecified atom stereocenters. The molecule has 1 aromatic carbocycles. The molecule has 2 aromatic rings. The Morgan fingerprint density at radius 3 is 1.92 bits per heavy atom. The topological polar surface area (TPSA) is 101 Å². The maximum atomic E-state index is 13.9. The zero-order valence-corrected chi connectivity index (χ0v) is 22.3. The molecule has 1 aliphatic rings. The zero-order valence-electron chi connectivity index (χ0n) is 20.7. The third kappa shape index (κ3) is 6.21. The summed E-state index contributed by atoms with van der Waals surface area (Å²) in [5.74, 6) is -3.09. The molecule has 0 aliphatic carbocycles. The van der Waals surface area contributed by atoms with Crippen LogP contribution in [0.3, 0.4) is 0 Å². The van der Waals surface area contributed by atoms with Crippen molar-refractivity contribution in [3.05, 3.63) is 53.1 Å². The normalized spacial score (nSPS) is 16.4. The van der Waals surface area contributed by atoms with Crippen LogP contribution in [0.2, 0.25) is 0 Å². The van der Waals surface area contributed by atoms with Gasteiger partial charge in [-0.25, -0.2) is 26.2 Å². The van der Waals surface area contributed by atoms with Crippen LogP contribution in [-0.2, 0) is 32.0 Å². The van der Waals surface area contributed by atoms with Gasteiger partial charge >= 0.3 is 12.4 Å². The summed E-state index contributed by atoms with van der Waals surface area (Å²) < 4.78 is 142. The number of pyridine rings is 1. The first-order chi connectivity index (χ1) is 17.6. The van der Waals surface area contributed by atoms with Crippen molar-refractivity contribution in [3.8, 4) is 0 Å². The van der Waals surface area contributed by atoms with Crippen LogP contribution in [0.25, 0.3) is 0 Å². The predicted octanol–water partition coefficient (Wildman–Crippen LogP) is 4.77. The maximum absolute atomic E-state index is 13.9. The van der Waals surface area contributed by atoms with Crippen LogP contribution >= 0.6 is 0 Å². The molecule has 0 atom stereocenters. The van der Waals surface area contributed by atoms with Crippen LogP contribution in [-0.4, -0.2) is 56.7 Å². The van der Waals surface area contributed by atoms with E-state index in [2.05, 4.69) is 4.98 Å². The second-order valence-corrected chi connectivity index (χ2v) is 14.2. The van der Waals surface area contributed by atoms with Gasteiger partial charge in [0.1, 0.15) is 11.5 Å². The molecule has 1 fully saturated rings. The van der Waals surface area contributed by atoms with Crippen molar-refractivity contribution >= 4 is 25.6 Å². The molecule has 1 amide bonds. The van der Waals surface area contributed by atoms with Gasteiger partial charge in [0.25, 0.3) is 5.91 Å². The fourth-order valence-electron chi connectivity index (χ4n) is 4.38. The first-order valence-corrected chi connectivity index (χ1v) is 14.6. The molecule has 0 radical (unpaired) electrons. The SMILES string of the molecule is CC(C)(C1CCN(C(=O)c2ncc(C(F)(F)F)cc2S(C)(=O)=O)CC1)S(=O)(=O)c1cc(F)cc(C(F)(F)F)c1. The summed E-state index contributed by atoms with van der Waals surface area (Å²) in [6.45, 7) is 2.24. The number of nitrogens with zero attached hydrogens (tertiary/aromatic N) is 2. The number of amides is 1. The molecular weight excluding hydrogens is 581 g/mol. The van der Waals surface area contributed by atoms with E-state index in [1.807, 2.05) is 0 Å². The standard InChI is InChI=1S/C23H23F7N2O5S2/c1-21(2,39(36,37)17-9-14(22(25,26)27)8-16(24)11-17)13-4-6-32(7-5-13)20(33)19-18(38(3,34)35)10-15(12-31-19)23(28,29)30/h8-13H,4-7H2,1-3H3. The van der Waals surface area contributed by atoms with Crippen LogP contribution < -0.4 is 0 Å². The molecule has 1 aromatic heterocycles. The fraction of sp³-hybridized carbons (Fsp3) is 0.478. The lowest BCUT2D eigenvalue weighted by molar-refractivity contribution is -0.138. The molecule has 1 saturated heterocycles. The van der Waals surface area contributed by atoms with Crippen LogP contribution in [0.5, 0.6) is 0 Å². The Kier molecular flexibility index (Phi) is 7.91. The van der Waals surface area contributed by atoms with Crippen LogP contribution in [0.1, 0.15) is 48.3 Å². The third-order valence-corrected chi connectivity index (χ3v) is 10.4. The van der Waals surface area contributed by atoms with E-state index in [4.69, 9.17) is 0 Å². The second-order valence-electron chi connectivity index (χ2n) is 9.69. The molecule has 0 N–H and O–H groups in total. The summed E-state index contributed by atoms with van der Waals surface area (Å²) >= 11 is 0. The third-order valence-electron chi connectivity index (χ3n) is 6.75. The van der Waals surface area contributed by atoms with Gasteiger partial charge in [-0.05, 0) is 56.9 Å². The summed E-state index contributed by atoms with van der Waals surface area (Å²) in [6.07, 6.45) is -8.95. The van der Waals surface area contributed by atoms with Crippen molar-refractivity contribution in [3.63, 3.8) is 0 Å². The van der Waals surface area contributed by atoms with Gasteiger partial charge in [0.05, 0.1) is 25.7 Å². The molecular formula is C23H23F7N2O5S2. The summed E-state index contributed by atoms with van der Waals surface area (Å²) in [4.78, 5) is 15.8. The minimum Gasteiger partial charge on any atom is -0.337 e. The van der Waals surface area contributed by atoms with E-state index in [1.165, 1.54) is 13.8 Å². The first kappa shape index (κ1) is 30.8. The number of aromatic nitrogens is 1. The van der Waals surface area contributed by atoms with Gasteiger partial charge in [0.15, 0.2) is 19.7 Å². The molecule has 39 heavy (non-hydrogen) atoms. The zero-order chi connectivity index (χ0) is 29.8. The van der Waals surface area contributed by atoms with Gasteiger partial charge in [-0.3, -0.25) is 4.79 Å². The van der Waals surface area contributed by atoms with Crippen molar-refractivity contribution < 1.29 is 52.4 Å². The van der Waals surface area contributed by atoms with Crippen molar-refractivity contribution in [2.24, 2.45) is 5.92 Å². The smallest absolute Gasteiger partial charge is 0.337 e. The molecule has 16 heteroatoms. The summed E-state index contributed by atoms with van der Waals surface area (Å²) in [5.41, 5.74) is -3.56. The highest BCUT2D eigenvalue weighted by Crippen LogP contribution is 2.40. The minimum atomic E-state index is -4.99. The quantitative estimate of drug-likeness (QED) is 0.456. The van der Waals surface area contributed by atoms with Crippen LogP contribution in [0.4, 0.5) is 30.7 Å². The average Bonchev–Trinajstić information content (AvgIpc) is 2.81. The van der Waals surface area contributed by atoms with E-state index in [1.54, 1.807) is 0 Å². The Morgan fingerprint density at radius 1 is 0.897 bits per heavy atom. The monoisotopic (exact) mass is 604 g/mol. The van der Waals surface area contributed by atoms with E-state index in [9.17, 15) is 52.4 Å². The highest BCUT2D eigenvalue weighted by Gasteiger charge is 2.45. The number of halogens is 7. The number of carbonyl (C=O) groups excluding carboxylic acids is 1. The second kappa shape index (κ2) is 10.0. The van der Waals surface area contributed by atoms with Gasteiger partial charge in [-0.2, -0.15) is 26.3 Å². The average molecular weight is 605 g/mol. The summed E-state index contributed by atoms with van der Waals surface area (Å²) in [7, 11) is -8.82. The number of carbonyl (C=O) groups is 1. The van der Waals surface area contributed by atoms with E-state index in [0.717, 1.165) is 4.90 Å². The number of rotatable bonds is 5. The molecule has 2 heterocycles. The van der Waals surface area contributed by atoms with Gasteiger partial charge in [-0.15, -0.1) is 0 Å². The Hall–Kier alpha value is -2.75. The lowest BCUT2D eigenvalue weighted by Crippen LogP contribution is -2.48. The molecule has 0 spiro atoms. The van der Waals surface area contributed by atoms with Gasteiger partial charge in [0, 0.05) is 25.5 Å². The summed E-state index contributed by atoms with van der Waals surface area (Å²) in [5, 5.41) is 0. The number of likely N-dealkylation sites (tertiary alicyclic amines) is 1. The summed E-state index contributed by atoms with van der Waals surface area (Å²) in [6, 6.07) is 1.33. The Labute approximate surface area is 219 Å². The Balaban J connectivity index is 1.86.